The van der Waals surface area contributed by atoms with E-state index in [1.54, 1.807) is 11.3 Å². The summed E-state index contributed by atoms with van der Waals surface area (Å²) in [7, 11) is 0. The van der Waals surface area contributed by atoms with Crippen molar-refractivity contribution in [2.75, 3.05) is 12.3 Å². The highest BCUT2D eigenvalue weighted by Gasteiger charge is 1.99. The van der Waals surface area contributed by atoms with Crippen LogP contribution in [0.4, 0.5) is 0 Å². The zero-order chi connectivity index (χ0) is 12.8. The highest BCUT2D eigenvalue weighted by atomic mass is 79.9. The third-order valence-electron chi connectivity index (χ3n) is 2.55. The lowest BCUT2D eigenvalue weighted by molar-refractivity contribution is 0.741. The molecule has 18 heavy (non-hydrogen) atoms. The molecule has 0 amide bonds. The van der Waals surface area contributed by atoms with E-state index in [4.69, 9.17) is 0 Å². The van der Waals surface area contributed by atoms with Gasteiger partial charge in [-0.2, -0.15) is 0 Å². The van der Waals surface area contributed by atoms with Crippen LogP contribution in [0.5, 0.6) is 0 Å². The van der Waals surface area contributed by atoms with E-state index in [2.05, 4.69) is 63.9 Å². The lowest BCUT2D eigenvalue weighted by Crippen LogP contribution is -2.15. The van der Waals surface area contributed by atoms with Gasteiger partial charge in [0, 0.05) is 38.5 Å². The minimum Gasteiger partial charge on any atom is -0.311 e. The summed E-state index contributed by atoms with van der Waals surface area (Å²) in [5, 5.41) is 5.60. The van der Waals surface area contributed by atoms with Crippen LogP contribution in [0.25, 0.3) is 0 Å². The average molecular weight is 342 g/mol. The molecule has 2 aromatic rings. The Morgan fingerprint density at radius 3 is 2.89 bits per heavy atom. The summed E-state index contributed by atoms with van der Waals surface area (Å²) in [6, 6.07) is 10.7. The van der Waals surface area contributed by atoms with E-state index in [0.717, 1.165) is 18.8 Å². The monoisotopic (exact) mass is 341 g/mol. The molecule has 0 unspecified atom stereocenters. The Morgan fingerprint density at radius 2 is 2.17 bits per heavy atom. The largest absolute Gasteiger partial charge is 0.311 e. The Bertz CT molecular complexity index is 496. The number of thioether (sulfide) groups is 1. The van der Waals surface area contributed by atoms with Crippen molar-refractivity contribution in [3.05, 3.63) is 50.6 Å². The molecule has 96 valence electrons. The number of hydrogen-bond acceptors (Lipinski definition) is 3. The molecule has 0 saturated heterocycles. The van der Waals surface area contributed by atoms with Gasteiger partial charge in [0.2, 0.25) is 0 Å². The minimum absolute atomic E-state index is 0.963. The highest BCUT2D eigenvalue weighted by Crippen LogP contribution is 2.21. The smallest absolute Gasteiger partial charge is 0.0300 e. The van der Waals surface area contributed by atoms with E-state index in [-0.39, 0.29) is 0 Å². The van der Waals surface area contributed by atoms with E-state index < -0.39 is 0 Å². The molecular formula is C14H16BrNS2. The number of aryl methyl sites for hydroxylation is 1. The number of hydrogen-bond donors (Lipinski definition) is 1. The molecule has 0 aliphatic rings. The Hall–Kier alpha value is -0.290. The first-order valence-electron chi connectivity index (χ1n) is 5.88. The van der Waals surface area contributed by atoms with E-state index in [1.807, 2.05) is 11.8 Å². The zero-order valence-electron chi connectivity index (χ0n) is 10.3. The van der Waals surface area contributed by atoms with Gasteiger partial charge in [-0.15, -0.1) is 23.1 Å². The summed E-state index contributed by atoms with van der Waals surface area (Å²) in [5.74, 6) is 1.11. The predicted octanol–water partition coefficient (Wildman–Crippen LogP) is 4.70. The molecular weight excluding hydrogens is 326 g/mol. The minimum atomic E-state index is 0.963. The maximum atomic E-state index is 3.47. The quantitative estimate of drug-likeness (QED) is 0.603. The van der Waals surface area contributed by atoms with Crippen molar-refractivity contribution < 1.29 is 0 Å². The first-order chi connectivity index (χ1) is 8.75. The molecule has 0 saturated carbocycles. The molecule has 0 atom stereocenters. The topological polar surface area (TPSA) is 12.0 Å². The van der Waals surface area contributed by atoms with Crippen LogP contribution < -0.4 is 5.32 Å². The van der Waals surface area contributed by atoms with Crippen LogP contribution >= 0.6 is 39.0 Å². The van der Waals surface area contributed by atoms with Gasteiger partial charge >= 0.3 is 0 Å². The van der Waals surface area contributed by atoms with Crippen LogP contribution in [0.3, 0.4) is 0 Å². The Labute approximate surface area is 125 Å². The van der Waals surface area contributed by atoms with Gasteiger partial charge in [0.25, 0.3) is 0 Å². The lowest BCUT2D eigenvalue weighted by Gasteiger charge is -2.05. The summed E-state index contributed by atoms with van der Waals surface area (Å²) in [5.41, 5.74) is 1.37. The van der Waals surface area contributed by atoms with Crippen molar-refractivity contribution in [1.82, 2.24) is 5.32 Å². The normalized spacial score (nSPS) is 10.8. The van der Waals surface area contributed by atoms with Gasteiger partial charge in [0.1, 0.15) is 0 Å². The molecule has 2 rings (SSSR count). The van der Waals surface area contributed by atoms with Crippen molar-refractivity contribution in [3.8, 4) is 0 Å². The third kappa shape index (κ3) is 4.43. The molecule has 1 aromatic heterocycles. The third-order valence-corrected chi connectivity index (χ3v) is 5.43. The summed E-state index contributed by atoms with van der Waals surface area (Å²) >= 11 is 7.18. The Kier molecular flexibility index (Phi) is 5.76. The van der Waals surface area contributed by atoms with Gasteiger partial charge in [-0.05, 0) is 40.5 Å². The molecule has 0 bridgehead atoms. The van der Waals surface area contributed by atoms with Crippen molar-refractivity contribution in [2.45, 2.75) is 18.4 Å². The molecule has 0 radical (unpaired) electrons. The van der Waals surface area contributed by atoms with E-state index in [1.165, 1.54) is 19.8 Å². The summed E-state index contributed by atoms with van der Waals surface area (Å²) in [4.78, 5) is 2.76. The maximum absolute atomic E-state index is 3.47. The van der Waals surface area contributed by atoms with Crippen LogP contribution in [0.1, 0.15) is 10.4 Å². The maximum Gasteiger partial charge on any atom is 0.0300 e. The predicted molar refractivity (Wildman–Crippen MR) is 85.6 cm³/mol. The number of rotatable bonds is 6. The van der Waals surface area contributed by atoms with Crippen molar-refractivity contribution in [3.63, 3.8) is 0 Å². The first-order valence-corrected chi connectivity index (χ1v) is 8.53. The second kappa shape index (κ2) is 7.34. The molecule has 4 heteroatoms. The van der Waals surface area contributed by atoms with Gasteiger partial charge in [-0.3, -0.25) is 0 Å². The first kappa shape index (κ1) is 14.1. The van der Waals surface area contributed by atoms with Crippen molar-refractivity contribution in [2.24, 2.45) is 0 Å². The molecule has 0 spiro atoms. The lowest BCUT2D eigenvalue weighted by atomic mass is 10.2. The van der Waals surface area contributed by atoms with Gasteiger partial charge in [-0.1, -0.05) is 18.2 Å². The Balaban J connectivity index is 1.66. The molecule has 0 aliphatic carbocycles. The molecule has 1 heterocycles. The number of halogens is 1. The summed E-state index contributed by atoms with van der Waals surface area (Å²) in [6.45, 7) is 4.16. The van der Waals surface area contributed by atoms with Crippen LogP contribution in [-0.4, -0.2) is 12.3 Å². The van der Waals surface area contributed by atoms with Gasteiger partial charge in [0.05, 0.1) is 0 Å². The molecule has 1 nitrogen and oxygen atoms in total. The van der Waals surface area contributed by atoms with E-state index in [9.17, 15) is 0 Å². The number of thiophene rings is 1. The molecule has 1 aromatic carbocycles. The molecule has 0 fully saturated rings. The van der Waals surface area contributed by atoms with Gasteiger partial charge in [0.15, 0.2) is 0 Å². The number of nitrogens with one attached hydrogen (secondary N) is 1. The summed E-state index contributed by atoms with van der Waals surface area (Å²) in [6.07, 6.45) is 0. The van der Waals surface area contributed by atoms with Crippen LogP contribution in [0.15, 0.2) is 45.1 Å². The average Bonchev–Trinajstić information content (AvgIpc) is 2.77. The molecule has 1 N–H and O–H groups in total. The zero-order valence-corrected chi connectivity index (χ0v) is 13.5. The van der Waals surface area contributed by atoms with Gasteiger partial charge < -0.3 is 5.32 Å². The second-order valence-corrected chi connectivity index (χ2v) is 7.07. The fourth-order valence-corrected chi connectivity index (χ4v) is 3.97. The van der Waals surface area contributed by atoms with Crippen LogP contribution in [0, 0.1) is 6.92 Å². The van der Waals surface area contributed by atoms with Crippen molar-refractivity contribution >= 4 is 39.0 Å². The fraction of sp³-hybridized carbons (Fsp3) is 0.286. The molecule has 0 aliphatic heterocycles. The van der Waals surface area contributed by atoms with Gasteiger partial charge in [-0.25, -0.2) is 0 Å². The van der Waals surface area contributed by atoms with Crippen LogP contribution in [-0.2, 0) is 6.54 Å². The van der Waals surface area contributed by atoms with Crippen molar-refractivity contribution in [1.29, 1.82) is 0 Å². The fourth-order valence-electron chi connectivity index (χ4n) is 1.61. The number of benzene rings is 1. The highest BCUT2D eigenvalue weighted by molar-refractivity contribution is 9.10. The van der Waals surface area contributed by atoms with E-state index in [0.29, 0.717) is 0 Å². The van der Waals surface area contributed by atoms with E-state index >= 15 is 0 Å². The second-order valence-electron chi connectivity index (χ2n) is 4.02. The van der Waals surface area contributed by atoms with Crippen LogP contribution in [0.2, 0.25) is 0 Å². The SMILES string of the molecule is Cc1ccccc1SCCNCc1cc(Br)cs1. The summed E-state index contributed by atoms with van der Waals surface area (Å²) < 4.78 is 1.18. The standard InChI is InChI=1S/C14H16BrNS2/c1-11-4-2-3-5-14(11)17-7-6-16-9-13-8-12(15)10-18-13/h2-5,8,10,16H,6-7,9H2,1H3. The Morgan fingerprint density at radius 1 is 1.33 bits per heavy atom.